The number of benzene rings is 2. The van der Waals surface area contributed by atoms with E-state index in [0.29, 0.717) is 16.5 Å². The topological polar surface area (TPSA) is 43.3 Å². The molecule has 0 spiro atoms. The number of amides is 1. The average molecular weight is 373 g/mol. The molecule has 134 valence electrons. The maximum absolute atomic E-state index is 13.6. The van der Waals surface area contributed by atoms with Gasteiger partial charge in [-0.3, -0.25) is 4.79 Å². The lowest BCUT2D eigenvalue weighted by molar-refractivity contribution is -0.116. The van der Waals surface area contributed by atoms with Crippen molar-refractivity contribution >= 4 is 23.2 Å². The largest absolute Gasteiger partial charge is 0.495 e. The summed E-state index contributed by atoms with van der Waals surface area (Å²) in [4.78, 5) is 12.5. The fourth-order valence-electron chi connectivity index (χ4n) is 2.80. The van der Waals surface area contributed by atoms with Gasteiger partial charge in [0.05, 0.1) is 24.6 Å². The van der Waals surface area contributed by atoms with Crippen molar-refractivity contribution in [2.45, 2.75) is 12.5 Å². The lowest BCUT2D eigenvalue weighted by Gasteiger charge is -2.19. The lowest BCUT2D eigenvalue weighted by Crippen LogP contribution is -2.19. The summed E-state index contributed by atoms with van der Waals surface area (Å²) in [5.41, 5.74) is 1.30. The van der Waals surface area contributed by atoms with Crippen LogP contribution < -0.4 is 10.1 Å². The summed E-state index contributed by atoms with van der Waals surface area (Å²) in [6.45, 7) is 0. The van der Waals surface area contributed by atoms with Crippen LogP contribution in [0.4, 0.5) is 10.1 Å². The SMILES string of the molecule is COc1ccc(NC(=O)C[C@@H](c2cccc(F)c2)n2cccc2)cc1Cl. The monoisotopic (exact) mass is 372 g/mol. The normalized spacial score (nSPS) is 11.8. The Bertz CT molecular complexity index is 897. The Balaban J connectivity index is 1.79. The predicted molar refractivity (Wildman–Crippen MR) is 100 cm³/mol. The molecule has 0 saturated heterocycles. The van der Waals surface area contributed by atoms with Gasteiger partial charge < -0.3 is 14.6 Å². The summed E-state index contributed by atoms with van der Waals surface area (Å²) in [7, 11) is 1.53. The highest BCUT2D eigenvalue weighted by Crippen LogP contribution is 2.28. The summed E-state index contributed by atoms with van der Waals surface area (Å²) in [6.07, 6.45) is 3.86. The average Bonchev–Trinajstić information content (AvgIpc) is 3.14. The molecule has 1 aromatic heterocycles. The van der Waals surface area contributed by atoms with E-state index >= 15 is 0 Å². The molecule has 3 aromatic rings. The third-order valence-electron chi connectivity index (χ3n) is 4.04. The van der Waals surface area contributed by atoms with Gasteiger partial charge in [-0.05, 0) is 48.0 Å². The molecule has 1 atom stereocenters. The van der Waals surface area contributed by atoms with Gasteiger partial charge >= 0.3 is 0 Å². The highest BCUT2D eigenvalue weighted by Gasteiger charge is 2.18. The first-order valence-corrected chi connectivity index (χ1v) is 8.46. The van der Waals surface area contributed by atoms with Crippen LogP contribution in [0.3, 0.4) is 0 Å². The van der Waals surface area contributed by atoms with E-state index in [9.17, 15) is 9.18 Å². The standard InChI is InChI=1S/C20H18ClFN2O2/c1-26-19-8-7-16(12-17(19)21)23-20(25)13-18(24-9-2-3-10-24)14-5-4-6-15(22)11-14/h2-12,18H,13H2,1H3,(H,23,25)/t18-/m0/s1. The molecule has 0 radical (unpaired) electrons. The Morgan fingerprint density at radius 3 is 2.62 bits per heavy atom. The molecule has 2 aromatic carbocycles. The van der Waals surface area contributed by atoms with Crippen LogP contribution in [0.15, 0.2) is 67.0 Å². The minimum absolute atomic E-state index is 0.155. The fraction of sp³-hybridized carbons (Fsp3) is 0.150. The first-order chi connectivity index (χ1) is 12.6. The predicted octanol–water partition coefficient (Wildman–Crippen LogP) is 4.91. The number of hydrogen-bond donors (Lipinski definition) is 1. The zero-order valence-corrected chi connectivity index (χ0v) is 14.9. The van der Waals surface area contributed by atoms with Gasteiger partial charge in [0, 0.05) is 18.1 Å². The number of halogens is 2. The Morgan fingerprint density at radius 1 is 1.19 bits per heavy atom. The smallest absolute Gasteiger partial charge is 0.226 e. The van der Waals surface area contributed by atoms with Gasteiger partial charge in [-0.15, -0.1) is 0 Å². The van der Waals surface area contributed by atoms with Gasteiger partial charge in [0.15, 0.2) is 0 Å². The molecule has 26 heavy (non-hydrogen) atoms. The van der Waals surface area contributed by atoms with Crippen LogP contribution in [0, 0.1) is 5.82 Å². The quantitative estimate of drug-likeness (QED) is 0.668. The van der Waals surface area contributed by atoms with E-state index in [0.717, 1.165) is 5.56 Å². The zero-order chi connectivity index (χ0) is 18.5. The summed E-state index contributed by atoms with van der Waals surface area (Å²) in [6, 6.07) is 14.7. The molecule has 1 heterocycles. The van der Waals surface area contributed by atoms with Crippen LogP contribution in [0.1, 0.15) is 18.0 Å². The van der Waals surface area contributed by atoms with Crippen LogP contribution in [0.2, 0.25) is 5.02 Å². The van der Waals surface area contributed by atoms with Gasteiger partial charge in [0.2, 0.25) is 5.91 Å². The first-order valence-electron chi connectivity index (χ1n) is 8.08. The molecule has 3 rings (SSSR count). The van der Waals surface area contributed by atoms with E-state index in [2.05, 4.69) is 5.32 Å². The van der Waals surface area contributed by atoms with Crippen molar-refractivity contribution in [2.24, 2.45) is 0 Å². The molecule has 0 saturated carbocycles. The highest BCUT2D eigenvalue weighted by atomic mass is 35.5. The van der Waals surface area contributed by atoms with E-state index in [1.165, 1.54) is 19.2 Å². The van der Waals surface area contributed by atoms with Gasteiger partial charge in [0.25, 0.3) is 0 Å². The number of methoxy groups -OCH3 is 1. The maximum atomic E-state index is 13.6. The highest BCUT2D eigenvalue weighted by molar-refractivity contribution is 6.32. The van der Waals surface area contributed by atoms with Crippen LogP contribution in [-0.4, -0.2) is 17.6 Å². The second kappa shape index (κ2) is 8.06. The van der Waals surface area contributed by atoms with Gasteiger partial charge in [-0.25, -0.2) is 4.39 Å². The number of nitrogens with one attached hydrogen (secondary N) is 1. The van der Waals surface area contributed by atoms with E-state index in [-0.39, 0.29) is 24.2 Å². The minimum Gasteiger partial charge on any atom is -0.495 e. The lowest BCUT2D eigenvalue weighted by atomic mass is 10.0. The Labute approximate surface area is 156 Å². The number of anilines is 1. The molecule has 0 aliphatic rings. The Hall–Kier alpha value is -2.79. The molecule has 1 N–H and O–H groups in total. The number of rotatable bonds is 6. The van der Waals surface area contributed by atoms with Crippen molar-refractivity contribution in [3.8, 4) is 5.75 Å². The minimum atomic E-state index is -0.331. The van der Waals surface area contributed by atoms with Crippen LogP contribution in [0.25, 0.3) is 0 Å². The number of carbonyl (C=O) groups is 1. The molecule has 1 amide bonds. The number of carbonyl (C=O) groups excluding carboxylic acids is 1. The number of hydrogen-bond acceptors (Lipinski definition) is 2. The van der Waals surface area contributed by atoms with Crippen molar-refractivity contribution in [2.75, 3.05) is 12.4 Å². The molecule has 0 fully saturated rings. The van der Waals surface area contributed by atoms with E-state index < -0.39 is 0 Å². The van der Waals surface area contributed by atoms with Crippen LogP contribution in [0.5, 0.6) is 5.75 Å². The summed E-state index contributed by atoms with van der Waals surface area (Å²) < 4.78 is 20.6. The molecule has 0 bridgehead atoms. The second-order valence-corrected chi connectivity index (χ2v) is 6.21. The van der Waals surface area contributed by atoms with Gasteiger partial charge in [0.1, 0.15) is 11.6 Å². The van der Waals surface area contributed by atoms with Crippen molar-refractivity contribution in [1.29, 1.82) is 0 Å². The molecule has 6 heteroatoms. The Kier molecular flexibility index (Phi) is 5.58. The van der Waals surface area contributed by atoms with Crippen LogP contribution >= 0.6 is 11.6 Å². The fourth-order valence-corrected chi connectivity index (χ4v) is 3.05. The first kappa shape index (κ1) is 18.0. The summed E-state index contributed by atoms with van der Waals surface area (Å²) in [5.74, 6) is 0.00541. The number of aromatic nitrogens is 1. The molecule has 4 nitrogen and oxygen atoms in total. The maximum Gasteiger partial charge on any atom is 0.226 e. The van der Waals surface area contributed by atoms with Crippen molar-refractivity contribution in [1.82, 2.24) is 4.57 Å². The van der Waals surface area contributed by atoms with Crippen molar-refractivity contribution in [3.63, 3.8) is 0 Å². The third-order valence-corrected chi connectivity index (χ3v) is 4.33. The third kappa shape index (κ3) is 4.24. The number of nitrogens with zero attached hydrogens (tertiary/aromatic N) is 1. The zero-order valence-electron chi connectivity index (χ0n) is 14.2. The van der Waals surface area contributed by atoms with E-state index in [1.54, 1.807) is 24.3 Å². The summed E-state index contributed by atoms with van der Waals surface area (Å²) in [5, 5.41) is 3.24. The van der Waals surface area contributed by atoms with E-state index in [1.807, 2.05) is 35.2 Å². The molecule has 0 aliphatic carbocycles. The Morgan fingerprint density at radius 2 is 1.96 bits per heavy atom. The molecule has 0 aliphatic heterocycles. The van der Waals surface area contributed by atoms with Crippen LogP contribution in [-0.2, 0) is 4.79 Å². The summed E-state index contributed by atoms with van der Waals surface area (Å²) >= 11 is 6.09. The molecule has 0 unspecified atom stereocenters. The van der Waals surface area contributed by atoms with Gasteiger partial charge in [-0.1, -0.05) is 23.7 Å². The van der Waals surface area contributed by atoms with Crippen molar-refractivity contribution in [3.05, 3.63) is 83.4 Å². The van der Waals surface area contributed by atoms with E-state index in [4.69, 9.17) is 16.3 Å². The van der Waals surface area contributed by atoms with Crippen molar-refractivity contribution < 1.29 is 13.9 Å². The second-order valence-electron chi connectivity index (χ2n) is 5.80. The van der Waals surface area contributed by atoms with Gasteiger partial charge in [-0.2, -0.15) is 0 Å². The number of ether oxygens (including phenoxy) is 1. The molecular formula is C20H18ClFN2O2. The molecular weight excluding hydrogens is 355 g/mol.